The predicted octanol–water partition coefficient (Wildman–Crippen LogP) is 0.477. The number of methoxy groups -OCH3 is 1. The maximum atomic E-state index is 11.4. The third kappa shape index (κ3) is 6.19. The molecule has 0 saturated heterocycles. The molecule has 0 unspecified atom stereocenters. The fraction of sp³-hybridized carbons (Fsp3) is 0.429. The van der Waals surface area contributed by atoms with Crippen LogP contribution in [0.5, 0.6) is 0 Å². The molecule has 0 saturated carbocycles. The minimum atomic E-state index is -0.465. The van der Waals surface area contributed by atoms with Crippen LogP contribution in [-0.2, 0) is 20.9 Å². The summed E-state index contributed by atoms with van der Waals surface area (Å²) >= 11 is 0. The van der Waals surface area contributed by atoms with Crippen LogP contribution in [0.3, 0.4) is 0 Å². The number of hydrogen-bond donors (Lipinski definition) is 2. The van der Waals surface area contributed by atoms with E-state index in [1.54, 1.807) is 0 Å². The van der Waals surface area contributed by atoms with Gasteiger partial charge in [0.05, 0.1) is 7.11 Å². The molecule has 6 heteroatoms. The summed E-state index contributed by atoms with van der Waals surface area (Å²) in [5.74, 6) is -0.336. The summed E-state index contributed by atoms with van der Waals surface area (Å²) in [7, 11) is 1.33. The number of quaternary nitrogens is 1. The molecule has 0 bridgehead atoms. The van der Waals surface area contributed by atoms with E-state index in [0.29, 0.717) is 19.4 Å². The van der Waals surface area contributed by atoms with Crippen molar-refractivity contribution in [2.24, 2.45) is 0 Å². The Morgan fingerprint density at radius 3 is 2.65 bits per heavy atom. The smallest absolute Gasteiger partial charge is 0.407 e. The second-order valence-electron chi connectivity index (χ2n) is 4.35. The second-order valence-corrected chi connectivity index (χ2v) is 4.35. The van der Waals surface area contributed by atoms with Crippen molar-refractivity contribution in [3.8, 4) is 0 Å². The van der Waals surface area contributed by atoms with Gasteiger partial charge in [0.15, 0.2) is 6.04 Å². The van der Waals surface area contributed by atoms with Gasteiger partial charge in [0, 0.05) is 13.0 Å². The van der Waals surface area contributed by atoms with E-state index in [0.717, 1.165) is 5.56 Å². The van der Waals surface area contributed by atoms with Gasteiger partial charge in [-0.3, -0.25) is 0 Å². The number of esters is 1. The summed E-state index contributed by atoms with van der Waals surface area (Å²) in [4.78, 5) is 22.5. The summed E-state index contributed by atoms with van der Waals surface area (Å²) in [5, 5.41) is 2.62. The van der Waals surface area contributed by atoms with E-state index < -0.39 is 12.1 Å². The van der Waals surface area contributed by atoms with Crippen LogP contribution in [-0.4, -0.2) is 31.8 Å². The van der Waals surface area contributed by atoms with Gasteiger partial charge in [-0.1, -0.05) is 30.3 Å². The SMILES string of the molecule is COC(=O)[C@@H]([NH3+])CCCNC(=O)OCc1ccccc1. The van der Waals surface area contributed by atoms with E-state index in [1.165, 1.54) is 7.11 Å². The first-order valence-electron chi connectivity index (χ1n) is 6.49. The molecule has 0 radical (unpaired) electrons. The van der Waals surface area contributed by atoms with Gasteiger partial charge in [-0.25, -0.2) is 9.59 Å². The van der Waals surface area contributed by atoms with Crippen LogP contribution in [0.4, 0.5) is 4.79 Å². The van der Waals surface area contributed by atoms with Gasteiger partial charge in [-0.2, -0.15) is 0 Å². The molecule has 4 N–H and O–H groups in total. The fourth-order valence-electron chi connectivity index (χ4n) is 1.60. The van der Waals surface area contributed by atoms with Crippen LogP contribution in [0.1, 0.15) is 18.4 Å². The van der Waals surface area contributed by atoms with E-state index in [4.69, 9.17) is 4.74 Å². The van der Waals surface area contributed by atoms with Gasteiger partial charge in [0.1, 0.15) is 6.61 Å². The molecule has 1 rings (SSSR count). The third-order valence-corrected chi connectivity index (χ3v) is 2.75. The predicted molar refractivity (Wildman–Crippen MR) is 72.6 cm³/mol. The van der Waals surface area contributed by atoms with Crippen molar-refractivity contribution in [3.05, 3.63) is 35.9 Å². The number of carbonyl (C=O) groups is 2. The van der Waals surface area contributed by atoms with E-state index in [-0.39, 0.29) is 12.6 Å². The highest BCUT2D eigenvalue weighted by Gasteiger charge is 2.16. The van der Waals surface area contributed by atoms with Gasteiger partial charge >= 0.3 is 12.1 Å². The molecule has 1 amide bonds. The molecule has 0 aromatic heterocycles. The molecule has 1 atom stereocenters. The lowest BCUT2D eigenvalue weighted by molar-refractivity contribution is -0.409. The van der Waals surface area contributed by atoms with Crippen LogP contribution in [0.25, 0.3) is 0 Å². The standard InChI is InChI=1S/C14H20N2O4/c1-19-13(17)12(15)8-5-9-16-14(18)20-10-11-6-3-2-4-7-11/h2-4,6-7,12H,5,8-10,15H2,1H3,(H,16,18)/p+1/t12-/m0/s1. The van der Waals surface area contributed by atoms with Crippen molar-refractivity contribution < 1.29 is 24.8 Å². The van der Waals surface area contributed by atoms with Gasteiger partial charge < -0.3 is 20.5 Å². The first kappa shape index (κ1) is 16.0. The summed E-state index contributed by atoms with van der Waals surface area (Å²) in [6, 6.07) is 9.05. The lowest BCUT2D eigenvalue weighted by Crippen LogP contribution is -2.65. The number of nitrogens with one attached hydrogen (secondary N) is 1. The molecule has 0 aliphatic heterocycles. The average molecular weight is 281 g/mol. The molecule has 0 aliphatic rings. The lowest BCUT2D eigenvalue weighted by atomic mass is 10.2. The Balaban J connectivity index is 2.10. The summed E-state index contributed by atoms with van der Waals surface area (Å²) in [6.45, 7) is 0.684. The fourth-order valence-corrected chi connectivity index (χ4v) is 1.60. The Labute approximate surface area is 118 Å². The number of rotatable bonds is 7. The molecule has 110 valence electrons. The Kier molecular flexibility index (Phi) is 7.13. The van der Waals surface area contributed by atoms with Crippen molar-refractivity contribution in [1.82, 2.24) is 5.32 Å². The molecule has 0 aliphatic carbocycles. The molecule has 1 aromatic rings. The van der Waals surface area contributed by atoms with Crippen LogP contribution in [0.15, 0.2) is 30.3 Å². The maximum absolute atomic E-state index is 11.4. The molecule has 6 nitrogen and oxygen atoms in total. The van der Waals surface area contributed by atoms with Crippen molar-refractivity contribution >= 4 is 12.1 Å². The minimum absolute atomic E-state index is 0.243. The first-order chi connectivity index (χ1) is 9.63. The number of carbonyl (C=O) groups excluding carboxylic acids is 2. The molecular weight excluding hydrogens is 260 g/mol. The van der Waals surface area contributed by atoms with Gasteiger partial charge in [-0.15, -0.1) is 0 Å². The van der Waals surface area contributed by atoms with Crippen molar-refractivity contribution in [2.45, 2.75) is 25.5 Å². The molecular formula is C14H21N2O4+. The largest absolute Gasteiger partial charge is 0.465 e. The molecule has 0 fully saturated rings. The Morgan fingerprint density at radius 2 is 2.00 bits per heavy atom. The zero-order valence-corrected chi connectivity index (χ0v) is 11.6. The molecule has 1 aromatic carbocycles. The number of benzene rings is 1. The van der Waals surface area contributed by atoms with Crippen molar-refractivity contribution in [1.29, 1.82) is 0 Å². The highest BCUT2D eigenvalue weighted by molar-refractivity contribution is 5.73. The average Bonchev–Trinajstić information content (AvgIpc) is 2.49. The molecule has 0 spiro atoms. The highest BCUT2D eigenvalue weighted by atomic mass is 16.5. The third-order valence-electron chi connectivity index (χ3n) is 2.75. The summed E-state index contributed by atoms with van der Waals surface area (Å²) in [6.07, 6.45) is 0.738. The van der Waals surface area contributed by atoms with Crippen molar-refractivity contribution in [3.63, 3.8) is 0 Å². The zero-order chi connectivity index (χ0) is 14.8. The molecule has 0 heterocycles. The van der Waals surface area contributed by atoms with Gasteiger partial charge in [0.25, 0.3) is 0 Å². The van der Waals surface area contributed by atoms with Crippen LogP contribution < -0.4 is 11.1 Å². The number of alkyl carbamates (subject to hydrolysis) is 1. The second kappa shape index (κ2) is 8.92. The monoisotopic (exact) mass is 281 g/mol. The quantitative estimate of drug-likeness (QED) is 0.561. The lowest BCUT2D eigenvalue weighted by Gasteiger charge is -2.08. The topological polar surface area (TPSA) is 92.3 Å². The number of amides is 1. The Bertz CT molecular complexity index is 422. The van der Waals surface area contributed by atoms with Crippen LogP contribution >= 0.6 is 0 Å². The van der Waals surface area contributed by atoms with E-state index in [1.807, 2.05) is 30.3 Å². The zero-order valence-electron chi connectivity index (χ0n) is 11.6. The minimum Gasteiger partial charge on any atom is -0.465 e. The summed E-state index contributed by atoms with van der Waals surface area (Å²) < 4.78 is 9.61. The maximum Gasteiger partial charge on any atom is 0.407 e. The van der Waals surface area contributed by atoms with E-state index in [2.05, 4.69) is 15.8 Å². The van der Waals surface area contributed by atoms with Crippen LogP contribution in [0.2, 0.25) is 0 Å². The summed E-state index contributed by atoms with van der Waals surface area (Å²) in [5.41, 5.74) is 4.62. The van der Waals surface area contributed by atoms with E-state index >= 15 is 0 Å². The normalized spacial score (nSPS) is 11.5. The molecule has 20 heavy (non-hydrogen) atoms. The number of hydrogen-bond acceptors (Lipinski definition) is 4. The van der Waals surface area contributed by atoms with Crippen LogP contribution in [0, 0.1) is 0 Å². The van der Waals surface area contributed by atoms with Crippen molar-refractivity contribution in [2.75, 3.05) is 13.7 Å². The van der Waals surface area contributed by atoms with Gasteiger partial charge in [-0.05, 0) is 12.0 Å². The van der Waals surface area contributed by atoms with E-state index in [9.17, 15) is 9.59 Å². The first-order valence-corrected chi connectivity index (χ1v) is 6.49. The number of ether oxygens (including phenoxy) is 2. The van der Waals surface area contributed by atoms with Gasteiger partial charge in [0.2, 0.25) is 0 Å². The Morgan fingerprint density at radius 1 is 1.30 bits per heavy atom. The Hall–Kier alpha value is -2.08. The highest BCUT2D eigenvalue weighted by Crippen LogP contribution is 2.00.